The van der Waals surface area contributed by atoms with Gasteiger partial charge in [-0.2, -0.15) is 13.2 Å². The second-order valence-corrected chi connectivity index (χ2v) is 8.62. The van der Waals surface area contributed by atoms with Gasteiger partial charge < -0.3 is 10.6 Å². The van der Waals surface area contributed by atoms with Gasteiger partial charge in [-0.1, -0.05) is 29.5 Å². The molecule has 1 aliphatic rings. The van der Waals surface area contributed by atoms with Crippen LogP contribution in [0.2, 0.25) is 0 Å². The molecule has 1 atom stereocenters. The fourth-order valence-corrected chi connectivity index (χ4v) is 4.74. The molecule has 0 spiro atoms. The first-order valence-electron chi connectivity index (χ1n) is 10.1. The summed E-state index contributed by atoms with van der Waals surface area (Å²) in [6.45, 7) is 2.22. The third-order valence-corrected chi connectivity index (χ3v) is 6.48. The van der Waals surface area contributed by atoms with Crippen LogP contribution in [0, 0.1) is 6.92 Å². The predicted octanol–water partition coefficient (Wildman–Crippen LogP) is 4.68. The zero-order valence-electron chi connectivity index (χ0n) is 17.5. The molecule has 11 heteroatoms. The maximum Gasteiger partial charge on any atom is 0.433 e. The molecule has 7 nitrogen and oxygen atoms in total. The van der Waals surface area contributed by atoms with E-state index >= 15 is 0 Å². The lowest BCUT2D eigenvalue weighted by atomic mass is 10.0. The lowest BCUT2D eigenvalue weighted by Gasteiger charge is -2.21. The molecule has 2 aromatic heterocycles. The molecular weight excluding hydrogens is 455 g/mol. The molecule has 3 N–H and O–H groups in total. The summed E-state index contributed by atoms with van der Waals surface area (Å²) in [7, 11) is 0. The number of carbonyl (C=O) groups excluding carboxylic acids is 2. The van der Waals surface area contributed by atoms with Crippen LogP contribution in [0.15, 0.2) is 42.6 Å². The van der Waals surface area contributed by atoms with Gasteiger partial charge in [0.05, 0.1) is 10.6 Å². The van der Waals surface area contributed by atoms with Crippen molar-refractivity contribution >= 4 is 28.4 Å². The number of likely N-dealkylation sites (tertiary alicyclic amines) is 1. The Bertz CT molecular complexity index is 1210. The third kappa shape index (κ3) is 4.82. The van der Waals surface area contributed by atoms with E-state index in [0.717, 1.165) is 22.7 Å². The minimum absolute atomic E-state index is 0.358. The number of nitrogens with zero attached hydrogens (tertiary/aromatic N) is 3. The number of primary amides is 1. The number of carbonyl (C=O) groups is 2. The Morgan fingerprint density at radius 2 is 1.91 bits per heavy atom. The predicted molar refractivity (Wildman–Crippen MR) is 118 cm³/mol. The van der Waals surface area contributed by atoms with Crippen LogP contribution in [0.25, 0.3) is 21.6 Å². The summed E-state index contributed by atoms with van der Waals surface area (Å²) in [5, 5.41) is 3.08. The number of anilines is 1. The Morgan fingerprint density at radius 1 is 1.18 bits per heavy atom. The van der Waals surface area contributed by atoms with Crippen molar-refractivity contribution < 1.29 is 22.8 Å². The van der Waals surface area contributed by atoms with E-state index in [9.17, 15) is 22.8 Å². The van der Waals surface area contributed by atoms with Crippen molar-refractivity contribution in [2.75, 3.05) is 11.9 Å². The minimum atomic E-state index is -4.53. The van der Waals surface area contributed by atoms with Crippen molar-refractivity contribution in [3.63, 3.8) is 0 Å². The monoisotopic (exact) mass is 475 g/mol. The Balaban J connectivity index is 1.58. The lowest BCUT2D eigenvalue weighted by molar-refractivity contribution is -0.141. The van der Waals surface area contributed by atoms with E-state index in [1.807, 2.05) is 6.07 Å². The summed E-state index contributed by atoms with van der Waals surface area (Å²) in [4.78, 5) is 34.2. The van der Waals surface area contributed by atoms with E-state index < -0.39 is 29.9 Å². The van der Waals surface area contributed by atoms with Crippen LogP contribution in [0.1, 0.15) is 24.2 Å². The molecule has 172 valence electrons. The Hall–Kier alpha value is -3.47. The fourth-order valence-electron chi connectivity index (χ4n) is 3.79. The normalized spacial score (nSPS) is 16.1. The molecule has 0 bridgehead atoms. The number of amides is 3. The van der Waals surface area contributed by atoms with Crippen LogP contribution in [0.5, 0.6) is 0 Å². The highest BCUT2D eigenvalue weighted by molar-refractivity contribution is 7.19. The number of halogens is 3. The molecule has 33 heavy (non-hydrogen) atoms. The van der Waals surface area contributed by atoms with E-state index in [4.69, 9.17) is 5.73 Å². The minimum Gasteiger partial charge on any atom is -0.368 e. The number of hydrogen-bond acceptors (Lipinski definition) is 5. The number of alkyl halides is 3. The molecule has 1 aliphatic heterocycles. The van der Waals surface area contributed by atoms with Crippen LogP contribution in [0.4, 0.5) is 23.1 Å². The summed E-state index contributed by atoms with van der Waals surface area (Å²) < 4.78 is 39.1. The number of rotatable bonds is 4. The molecular formula is C22H20F3N5O2S. The highest BCUT2D eigenvalue weighted by Crippen LogP contribution is 2.36. The van der Waals surface area contributed by atoms with Crippen molar-refractivity contribution in [3.05, 3.63) is 54.0 Å². The molecule has 3 aromatic rings. The molecule has 4 rings (SSSR count). The smallest absolute Gasteiger partial charge is 0.368 e. The van der Waals surface area contributed by atoms with E-state index in [1.165, 1.54) is 22.3 Å². The molecule has 0 radical (unpaired) electrons. The van der Waals surface area contributed by atoms with E-state index in [1.54, 1.807) is 25.1 Å². The standard InChI is InChI=1S/C22H20F3N5O2S/c1-12-18(33-20(28-12)29-21(32)30-9-3-6-16(30)19(26)31)15-5-2-4-13(10-15)14-7-8-27-17(11-14)22(23,24)25/h2,4-5,7-8,10-11,16H,3,6,9H2,1H3,(H2,26,31)(H,28,29,32)/t16-/m0/s1. The number of aromatic nitrogens is 2. The number of nitrogens with one attached hydrogen (secondary N) is 1. The van der Waals surface area contributed by atoms with Gasteiger partial charge in [-0.15, -0.1) is 0 Å². The number of nitrogens with two attached hydrogens (primary N) is 1. The van der Waals surface area contributed by atoms with Crippen molar-refractivity contribution in [2.24, 2.45) is 5.73 Å². The summed E-state index contributed by atoms with van der Waals surface area (Å²) in [5.41, 5.74) is 6.82. The first kappa shape index (κ1) is 22.7. The van der Waals surface area contributed by atoms with Crippen LogP contribution in [0.3, 0.4) is 0 Å². The van der Waals surface area contributed by atoms with E-state index in [-0.39, 0.29) is 0 Å². The number of pyridine rings is 1. The molecule has 0 aliphatic carbocycles. The molecule has 1 saturated heterocycles. The van der Waals surface area contributed by atoms with Gasteiger partial charge in [0.2, 0.25) is 5.91 Å². The second-order valence-electron chi connectivity index (χ2n) is 7.63. The van der Waals surface area contributed by atoms with Crippen LogP contribution in [-0.4, -0.2) is 39.4 Å². The zero-order chi connectivity index (χ0) is 23.8. The van der Waals surface area contributed by atoms with Crippen LogP contribution >= 0.6 is 11.3 Å². The first-order chi connectivity index (χ1) is 15.6. The number of aryl methyl sites for hydroxylation is 1. The van der Waals surface area contributed by atoms with Crippen molar-refractivity contribution in [2.45, 2.75) is 32.0 Å². The largest absolute Gasteiger partial charge is 0.433 e. The molecule has 0 saturated carbocycles. The third-order valence-electron chi connectivity index (χ3n) is 5.36. The Morgan fingerprint density at radius 3 is 2.64 bits per heavy atom. The highest BCUT2D eigenvalue weighted by Gasteiger charge is 2.33. The van der Waals surface area contributed by atoms with Gasteiger partial charge in [0.25, 0.3) is 0 Å². The van der Waals surface area contributed by atoms with Crippen LogP contribution in [-0.2, 0) is 11.0 Å². The van der Waals surface area contributed by atoms with Crippen molar-refractivity contribution in [3.8, 4) is 21.6 Å². The number of hydrogen-bond donors (Lipinski definition) is 2. The van der Waals surface area contributed by atoms with Gasteiger partial charge in [-0.25, -0.2) is 9.78 Å². The van der Waals surface area contributed by atoms with Gasteiger partial charge >= 0.3 is 12.2 Å². The number of urea groups is 1. The lowest BCUT2D eigenvalue weighted by Crippen LogP contribution is -2.45. The average molecular weight is 475 g/mol. The Kier molecular flexibility index (Phi) is 6.07. The van der Waals surface area contributed by atoms with E-state index in [0.29, 0.717) is 41.3 Å². The van der Waals surface area contributed by atoms with Gasteiger partial charge in [0.1, 0.15) is 11.7 Å². The zero-order valence-corrected chi connectivity index (χ0v) is 18.3. The number of benzene rings is 1. The quantitative estimate of drug-likeness (QED) is 0.572. The topological polar surface area (TPSA) is 101 Å². The number of thiazole rings is 1. The SMILES string of the molecule is Cc1nc(NC(=O)N2CCC[C@H]2C(N)=O)sc1-c1cccc(-c2ccnc(C(F)(F)F)c2)c1. The van der Waals surface area contributed by atoms with Gasteiger partial charge in [0.15, 0.2) is 5.13 Å². The maximum absolute atomic E-state index is 13.0. The molecule has 1 fully saturated rings. The van der Waals surface area contributed by atoms with Crippen molar-refractivity contribution in [1.29, 1.82) is 0 Å². The maximum atomic E-state index is 13.0. The molecule has 3 heterocycles. The molecule has 1 aromatic carbocycles. The highest BCUT2D eigenvalue weighted by atomic mass is 32.1. The van der Waals surface area contributed by atoms with Crippen LogP contribution < -0.4 is 11.1 Å². The summed E-state index contributed by atoms with van der Waals surface area (Å²) in [5.74, 6) is -0.541. The van der Waals surface area contributed by atoms with Crippen molar-refractivity contribution in [1.82, 2.24) is 14.9 Å². The molecule has 3 amide bonds. The summed E-state index contributed by atoms with van der Waals surface area (Å²) >= 11 is 1.24. The second kappa shape index (κ2) is 8.81. The van der Waals surface area contributed by atoms with Gasteiger partial charge in [-0.3, -0.25) is 15.1 Å². The molecule has 0 unspecified atom stereocenters. The Labute approximate surface area is 191 Å². The summed E-state index contributed by atoms with van der Waals surface area (Å²) in [6, 6.07) is 8.51. The van der Waals surface area contributed by atoms with E-state index in [2.05, 4.69) is 15.3 Å². The van der Waals surface area contributed by atoms with Gasteiger partial charge in [-0.05, 0) is 54.7 Å². The average Bonchev–Trinajstić information content (AvgIpc) is 3.40. The fraction of sp³-hybridized carbons (Fsp3) is 0.273. The first-order valence-corrected chi connectivity index (χ1v) is 10.9. The summed E-state index contributed by atoms with van der Waals surface area (Å²) in [6.07, 6.45) is -2.17. The van der Waals surface area contributed by atoms with Gasteiger partial charge in [0, 0.05) is 12.7 Å².